The van der Waals surface area contributed by atoms with Gasteiger partial charge in [-0.3, -0.25) is 4.57 Å². The van der Waals surface area contributed by atoms with E-state index < -0.39 is 23.7 Å². The zero-order valence-corrected chi connectivity index (χ0v) is 19.0. The third-order valence-corrected chi connectivity index (χ3v) is 4.80. The molecule has 2 heterocycles. The van der Waals surface area contributed by atoms with Gasteiger partial charge in [0.1, 0.15) is 17.5 Å². The lowest BCUT2D eigenvalue weighted by Crippen LogP contribution is -2.45. The van der Waals surface area contributed by atoms with E-state index in [4.69, 9.17) is 9.47 Å². The predicted molar refractivity (Wildman–Crippen MR) is 125 cm³/mol. The molecule has 0 unspecified atom stereocenters. The summed E-state index contributed by atoms with van der Waals surface area (Å²) in [6, 6.07) is 14.2. The van der Waals surface area contributed by atoms with Gasteiger partial charge in [-0.1, -0.05) is 24.3 Å². The lowest BCUT2D eigenvalue weighted by atomic mass is 10.0. The first-order valence-corrected chi connectivity index (χ1v) is 10.4. The summed E-state index contributed by atoms with van der Waals surface area (Å²) in [7, 11) is 1.26. The Morgan fingerprint density at radius 3 is 2.58 bits per heavy atom. The maximum absolute atomic E-state index is 12.6. The van der Waals surface area contributed by atoms with E-state index in [0.717, 1.165) is 16.5 Å². The summed E-state index contributed by atoms with van der Waals surface area (Å²) >= 11 is 0. The number of nitrogens with one attached hydrogen (secondary N) is 1. The molecule has 1 amide bonds. The highest BCUT2D eigenvalue weighted by atomic mass is 16.6. The largest absolute Gasteiger partial charge is 0.467 e. The van der Waals surface area contributed by atoms with Crippen molar-refractivity contribution in [3.63, 3.8) is 0 Å². The fourth-order valence-electron chi connectivity index (χ4n) is 3.55. The molecule has 3 rings (SSSR count). The Kier molecular flexibility index (Phi) is 7.13. The Morgan fingerprint density at radius 2 is 1.94 bits per heavy atom. The minimum Gasteiger partial charge on any atom is -0.467 e. The summed E-state index contributed by atoms with van der Waals surface area (Å²) < 4.78 is 12.2. The third kappa shape index (κ3) is 5.57. The number of carbonyl (C=O) groups is 2. The van der Waals surface area contributed by atoms with E-state index in [-0.39, 0.29) is 6.42 Å². The maximum Gasteiger partial charge on any atom is 0.408 e. The van der Waals surface area contributed by atoms with Crippen LogP contribution < -0.4 is 5.32 Å². The lowest BCUT2D eigenvalue weighted by molar-refractivity contribution is -0.143. The molecule has 0 radical (unpaired) electrons. The second kappa shape index (κ2) is 10.0. The van der Waals surface area contributed by atoms with Crippen molar-refractivity contribution in [2.24, 2.45) is 0 Å². The van der Waals surface area contributed by atoms with Crippen LogP contribution in [-0.2, 0) is 20.7 Å². The average molecular weight is 447 g/mol. The monoisotopic (exact) mass is 446 g/mol. The summed E-state index contributed by atoms with van der Waals surface area (Å²) in [4.78, 5) is 29.5. The number of alkyl carbamates (subject to hydrolysis) is 1. The number of ether oxygens (including phenoxy) is 2. The number of carbonyl (C=O) groups excluding carboxylic acids is 2. The molecule has 170 valence electrons. The molecule has 0 aliphatic rings. The van der Waals surface area contributed by atoms with Gasteiger partial charge in [-0.2, -0.15) is 5.26 Å². The number of para-hydroxylation sites is 1. The Hall–Kier alpha value is -4.12. The van der Waals surface area contributed by atoms with Crippen LogP contribution in [0.4, 0.5) is 4.79 Å². The van der Waals surface area contributed by atoms with E-state index in [1.54, 1.807) is 33.0 Å². The minimum absolute atomic E-state index is 0.122. The van der Waals surface area contributed by atoms with Gasteiger partial charge in [0, 0.05) is 24.1 Å². The van der Waals surface area contributed by atoms with E-state index in [1.807, 2.05) is 53.1 Å². The SMILES string of the molecule is COC(=O)[C@H](Cc1c(/C=C/C#N)n(-c2ccccn2)c2ccccc12)NC(=O)OC(C)(C)C. The number of hydrogen-bond acceptors (Lipinski definition) is 6. The van der Waals surface area contributed by atoms with Crippen molar-refractivity contribution in [1.29, 1.82) is 5.26 Å². The van der Waals surface area contributed by atoms with Crippen LogP contribution in [0.25, 0.3) is 22.8 Å². The second-order valence-electron chi connectivity index (χ2n) is 8.29. The molecule has 0 spiro atoms. The van der Waals surface area contributed by atoms with Crippen molar-refractivity contribution < 1.29 is 19.1 Å². The normalized spacial score (nSPS) is 12.3. The highest BCUT2D eigenvalue weighted by Gasteiger charge is 2.28. The van der Waals surface area contributed by atoms with Crippen LogP contribution in [0.2, 0.25) is 0 Å². The molecule has 8 nitrogen and oxygen atoms in total. The molecule has 2 aromatic heterocycles. The van der Waals surface area contributed by atoms with Gasteiger partial charge in [0.15, 0.2) is 0 Å². The van der Waals surface area contributed by atoms with Crippen molar-refractivity contribution in [1.82, 2.24) is 14.9 Å². The fraction of sp³-hybridized carbons (Fsp3) is 0.280. The van der Waals surface area contributed by atoms with Gasteiger partial charge in [0.25, 0.3) is 0 Å². The maximum atomic E-state index is 12.6. The Bertz CT molecular complexity index is 1220. The van der Waals surface area contributed by atoms with Gasteiger partial charge >= 0.3 is 12.1 Å². The summed E-state index contributed by atoms with van der Waals surface area (Å²) in [6.07, 6.45) is 4.12. The van der Waals surface area contributed by atoms with E-state index in [1.165, 1.54) is 13.2 Å². The quantitative estimate of drug-likeness (QED) is 0.450. The second-order valence-corrected chi connectivity index (χ2v) is 8.29. The number of amides is 1. The molecule has 0 saturated carbocycles. The van der Waals surface area contributed by atoms with Crippen LogP contribution in [0, 0.1) is 11.3 Å². The van der Waals surface area contributed by atoms with Crippen molar-refractivity contribution in [3.8, 4) is 11.9 Å². The molecule has 0 aliphatic heterocycles. The number of hydrogen-bond donors (Lipinski definition) is 1. The highest BCUT2D eigenvalue weighted by Crippen LogP contribution is 2.31. The smallest absolute Gasteiger partial charge is 0.408 e. The zero-order chi connectivity index (χ0) is 24.0. The van der Waals surface area contributed by atoms with Gasteiger partial charge < -0.3 is 14.8 Å². The molecular weight excluding hydrogens is 420 g/mol. The van der Waals surface area contributed by atoms with Crippen LogP contribution >= 0.6 is 0 Å². The van der Waals surface area contributed by atoms with Gasteiger partial charge in [-0.25, -0.2) is 14.6 Å². The van der Waals surface area contributed by atoms with Gasteiger partial charge in [-0.05, 0) is 50.6 Å². The number of nitrogens with zero attached hydrogens (tertiary/aromatic N) is 3. The number of rotatable bonds is 6. The molecule has 1 atom stereocenters. The lowest BCUT2D eigenvalue weighted by Gasteiger charge is -2.22. The molecular formula is C25H26N4O4. The summed E-state index contributed by atoms with van der Waals surface area (Å²) in [5, 5.41) is 12.7. The number of esters is 1. The standard InChI is InChI=1S/C25H26N4O4/c1-25(2,3)33-24(31)28-19(23(30)32-4)16-18-17-10-5-6-11-20(17)29(21(18)12-9-14-26)22-13-7-8-15-27-22/h5-13,15,19H,16H2,1-4H3,(H,28,31)/b12-9+/t19-/m0/s1. The number of benzene rings is 1. The summed E-state index contributed by atoms with van der Waals surface area (Å²) in [5.74, 6) is 0.0537. The number of methoxy groups -OCH3 is 1. The number of allylic oxidation sites excluding steroid dienone is 1. The number of nitriles is 1. The molecule has 3 aromatic rings. The number of fused-ring (bicyclic) bond motifs is 1. The van der Waals surface area contributed by atoms with Crippen LogP contribution in [-0.4, -0.2) is 40.4 Å². The first-order valence-electron chi connectivity index (χ1n) is 10.4. The fourth-order valence-corrected chi connectivity index (χ4v) is 3.55. The first kappa shape index (κ1) is 23.5. The third-order valence-electron chi connectivity index (χ3n) is 4.80. The molecule has 33 heavy (non-hydrogen) atoms. The molecule has 8 heteroatoms. The van der Waals surface area contributed by atoms with Crippen molar-refractivity contribution in [3.05, 3.63) is 66.0 Å². The zero-order valence-electron chi connectivity index (χ0n) is 19.0. The van der Waals surface area contributed by atoms with Crippen LogP contribution in [0.15, 0.2) is 54.7 Å². The van der Waals surface area contributed by atoms with Crippen LogP contribution in [0.1, 0.15) is 32.0 Å². The number of pyridine rings is 1. The van der Waals surface area contributed by atoms with Crippen molar-refractivity contribution in [2.45, 2.75) is 38.8 Å². The minimum atomic E-state index is -0.998. The van der Waals surface area contributed by atoms with E-state index in [2.05, 4.69) is 10.3 Å². The molecule has 1 aromatic carbocycles. The Balaban J connectivity index is 2.14. The van der Waals surface area contributed by atoms with Crippen LogP contribution in [0.3, 0.4) is 0 Å². The van der Waals surface area contributed by atoms with Crippen LogP contribution in [0.5, 0.6) is 0 Å². The van der Waals surface area contributed by atoms with Crippen molar-refractivity contribution >= 4 is 29.0 Å². The highest BCUT2D eigenvalue weighted by molar-refractivity contribution is 5.91. The molecule has 0 saturated heterocycles. The van der Waals surface area contributed by atoms with Gasteiger partial charge in [-0.15, -0.1) is 0 Å². The first-order chi connectivity index (χ1) is 15.7. The molecule has 0 fully saturated rings. The Morgan fingerprint density at radius 1 is 1.21 bits per heavy atom. The summed E-state index contributed by atoms with van der Waals surface area (Å²) in [6.45, 7) is 5.22. The molecule has 0 aliphatic carbocycles. The summed E-state index contributed by atoms with van der Waals surface area (Å²) in [5.41, 5.74) is 1.57. The topological polar surface area (TPSA) is 106 Å². The molecule has 0 bridgehead atoms. The molecule has 1 N–H and O–H groups in total. The van der Waals surface area contributed by atoms with Gasteiger partial charge in [0.05, 0.1) is 24.4 Å². The number of aromatic nitrogens is 2. The van der Waals surface area contributed by atoms with Crippen molar-refractivity contribution in [2.75, 3.05) is 7.11 Å². The Labute approximate surface area is 192 Å². The van der Waals surface area contributed by atoms with Gasteiger partial charge in [0.2, 0.25) is 0 Å². The van der Waals surface area contributed by atoms with E-state index in [9.17, 15) is 14.9 Å². The van der Waals surface area contributed by atoms with E-state index in [0.29, 0.717) is 11.5 Å². The average Bonchev–Trinajstić information content (AvgIpc) is 3.09. The predicted octanol–water partition coefficient (Wildman–Crippen LogP) is 4.17. The van der Waals surface area contributed by atoms with E-state index >= 15 is 0 Å².